The molecule has 4 heteroatoms. The van der Waals surface area contributed by atoms with Crippen molar-refractivity contribution in [2.45, 2.75) is 38.2 Å². The summed E-state index contributed by atoms with van der Waals surface area (Å²) in [6, 6.07) is 4.02. The molecule has 1 aromatic carbocycles. The van der Waals surface area contributed by atoms with E-state index in [1.54, 1.807) is 7.11 Å². The number of hydrogen-bond acceptors (Lipinski definition) is 3. The van der Waals surface area contributed by atoms with Gasteiger partial charge in [0.25, 0.3) is 0 Å². The molecule has 1 aromatic rings. The van der Waals surface area contributed by atoms with E-state index in [1.165, 1.54) is 6.42 Å². The molecule has 2 N–H and O–H groups in total. The topological polar surface area (TPSA) is 44.5 Å². The van der Waals surface area contributed by atoms with Gasteiger partial charge in [-0.3, -0.25) is 0 Å². The van der Waals surface area contributed by atoms with E-state index < -0.39 is 0 Å². The average molecular weight is 314 g/mol. The van der Waals surface area contributed by atoms with E-state index in [2.05, 4.69) is 28.9 Å². The fourth-order valence-electron chi connectivity index (χ4n) is 2.01. The van der Waals surface area contributed by atoms with Gasteiger partial charge in [-0.15, -0.1) is 0 Å². The van der Waals surface area contributed by atoms with Crippen LogP contribution in [0.3, 0.4) is 0 Å². The van der Waals surface area contributed by atoms with Crippen LogP contribution in [0.15, 0.2) is 16.6 Å². The average Bonchev–Trinajstić information content (AvgIpc) is 2.32. The molecule has 0 amide bonds. The lowest BCUT2D eigenvalue weighted by Gasteiger charge is -2.29. The quantitative estimate of drug-likeness (QED) is 0.905. The Hall–Kier alpha value is -0.740. The van der Waals surface area contributed by atoms with Crippen LogP contribution in [0.25, 0.3) is 0 Å². The summed E-state index contributed by atoms with van der Waals surface area (Å²) >= 11 is 3.51. The van der Waals surface area contributed by atoms with Crippen molar-refractivity contribution in [1.82, 2.24) is 0 Å². The van der Waals surface area contributed by atoms with E-state index in [9.17, 15) is 0 Å². The van der Waals surface area contributed by atoms with Crippen LogP contribution in [0.1, 0.15) is 37.7 Å². The number of nitrogens with two attached hydrogens (primary N) is 1. The first-order valence-corrected chi connectivity index (χ1v) is 7.19. The molecular formula is C14H20BrNO2. The maximum absolute atomic E-state index is 6.08. The molecule has 0 spiro atoms. The van der Waals surface area contributed by atoms with Crippen molar-refractivity contribution < 1.29 is 9.47 Å². The first kappa shape index (κ1) is 13.7. The Balaban J connectivity index is 2.36. The summed E-state index contributed by atoms with van der Waals surface area (Å²) in [5.41, 5.74) is 6.90. The van der Waals surface area contributed by atoms with Gasteiger partial charge < -0.3 is 15.2 Å². The fraction of sp³-hybridized carbons (Fsp3) is 0.571. The summed E-state index contributed by atoms with van der Waals surface area (Å²) < 4.78 is 12.5. The molecule has 1 unspecified atom stereocenters. The van der Waals surface area contributed by atoms with Gasteiger partial charge >= 0.3 is 0 Å². The second-order valence-electron chi connectivity index (χ2n) is 4.83. The van der Waals surface area contributed by atoms with Gasteiger partial charge in [0, 0.05) is 10.0 Å². The van der Waals surface area contributed by atoms with Crippen molar-refractivity contribution in [3.63, 3.8) is 0 Å². The Bertz CT molecular complexity index is 419. The van der Waals surface area contributed by atoms with Crippen LogP contribution in [0.2, 0.25) is 0 Å². The maximum atomic E-state index is 6.08. The van der Waals surface area contributed by atoms with Crippen LogP contribution in [-0.4, -0.2) is 19.8 Å². The number of methoxy groups -OCH3 is 1. The third-order valence-electron chi connectivity index (χ3n) is 3.49. The Morgan fingerprint density at radius 3 is 2.67 bits per heavy atom. The molecule has 1 aliphatic rings. The largest absolute Gasteiger partial charge is 0.493 e. The Labute approximate surface area is 117 Å². The van der Waals surface area contributed by atoms with E-state index >= 15 is 0 Å². The minimum absolute atomic E-state index is 0.256. The minimum atomic E-state index is 0.256. The predicted molar refractivity (Wildman–Crippen MR) is 76.4 cm³/mol. The van der Waals surface area contributed by atoms with Gasteiger partial charge in [-0.2, -0.15) is 0 Å². The van der Waals surface area contributed by atoms with Crippen LogP contribution in [-0.2, 0) is 0 Å². The van der Waals surface area contributed by atoms with Gasteiger partial charge in [0.1, 0.15) is 0 Å². The molecule has 0 bridgehead atoms. The van der Waals surface area contributed by atoms with Crippen LogP contribution in [0, 0.1) is 0 Å². The van der Waals surface area contributed by atoms with Gasteiger partial charge in [0.05, 0.1) is 13.2 Å². The molecule has 0 radical (unpaired) electrons. The van der Waals surface area contributed by atoms with Crippen molar-refractivity contribution in [2.24, 2.45) is 5.73 Å². The summed E-state index contributed by atoms with van der Waals surface area (Å²) in [4.78, 5) is 0. The van der Waals surface area contributed by atoms with Crippen LogP contribution in [0.5, 0.6) is 11.5 Å². The Morgan fingerprint density at radius 1 is 1.44 bits per heavy atom. The van der Waals surface area contributed by atoms with Gasteiger partial charge in [-0.25, -0.2) is 0 Å². The van der Waals surface area contributed by atoms with E-state index in [-0.39, 0.29) is 5.92 Å². The highest BCUT2D eigenvalue weighted by Crippen LogP contribution is 2.40. The van der Waals surface area contributed by atoms with Crippen molar-refractivity contribution in [2.75, 3.05) is 13.7 Å². The SMILES string of the molecule is COc1cc(Br)cc(C(C)CN)c1OC1CCC1. The predicted octanol–water partition coefficient (Wildman–Crippen LogP) is 3.45. The highest BCUT2D eigenvalue weighted by molar-refractivity contribution is 9.10. The van der Waals surface area contributed by atoms with Crippen molar-refractivity contribution in [3.8, 4) is 11.5 Å². The second-order valence-corrected chi connectivity index (χ2v) is 5.75. The van der Waals surface area contributed by atoms with E-state index in [0.717, 1.165) is 34.4 Å². The first-order chi connectivity index (χ1) is 8.65. The number of hydrogen-bond donors (Lipinski definition) is 1. The molecule has 2 rings (SSSR count). The van der Waals surface area contributed by atoms with E-state index in [1.807, 2.05) is 6.07 Å². The molecule has 1 fully saturated rings. The van der Waals surface area contributed by atoms with Gasteiger partial charge in [0.2, 0.25) is 0 Å². The standard InChI is InChI=1S/C14H20BrNO2/c1-9(8-16)12-6-10(15)7-13(17-2)14(12)18-11-4-3-5-11/h6-7,9,11H,3-5,8,16H2,1-2H3. The van der Waals surface area contributed by atoms with E-state index in [4.69, 9.17) is 15.2 Å². The lowest BCUT2D eigenvalue weighted by Crippen LogP contribution is -2.26. The summed E-state index contributed by atoms with van der Waals surface area (Å²) in [7, 11) is 1.67. The monoisotopic (exact) mass is 313 g/mol. The lowest BCUT2D eigenvalue weighted by atomic mass is 9.95. The van der Waals surface area contributed by atoms with Crippen LogP contribution in [0.4, 0.5) is 0 Å². The van der Waals surface area contributed by atoms with Crippen molar-refractivity contribution in [1.29, 1.82) is 0 Å². The third kappa shape index (κ3) is 2.81. The Kier molecular flexibility index (Phi) is 4.51. The van der Waals surface area contributed by atoms with Crippen molar-refractivity contribution >= 4 is 15.9 Å². The smallest absolute Gasteiger partial charge is 0.165 e. The molecule has 18 heavy (non-hydrogen) atoms. The Morgan fingerprint density at radius 2 is 2.17 bits per heavy atom. The summed E-state index contributed by atoms with van der Waals surface area (Å²) in [6.45, 7) is 2.70. The highest BCUT2D eigenvalue weighted by Gasteiger charge is 2.24. The second kappa shape index (κ2) is 5.93. The molecule has 0 aromatic heterocycles. The summed E-state index contributed by atoms with van der Waals surface area (Å²) in [5.74, 6) is 1.90. The zero-order valence-electron chi connectivity index (χ0n) is 10.9. The third-order valence-corrected chi connectivity index (χ3v) is 3.95. The van der Waals surface area contributed by atoms with Crippen molar-refractivity contribution in [3.05, 3.63) is 22.2 Å². The summed E-state index contributed by atoms with van der Waals surface area (Å²) in [6.07, 6.45) is 3.86. The zero-order chi connectivity index (χ0) is 13.1. The molecule has 0 heterocycles. The number of halogens is 1. The van der Waals surface area contributed by atoms with E-state index in [0.29, 0.717) is 12.6 Å². The first-order valence-electron chi connectivity index (χ1n) is 6.39. The highest BCUT2D eigenvalue weighted by atomic mass is 79.9. The zero-order valence-corrected chi connectivity index (χ0v) is 12.5. The van der Waals surface area contributed by atoms with Gasteiger partial charge in [-0.1, -0.05) is 22.9 Å². The number of rotatable bonds is 5. The molecule has 1 aliphatic carbocycles. The number of ether oxygens (including phenoxy) is 2. The normalized spacial score (nSPS) is 17.1. The van der Waals surface area contributed by atoms with Gasteiger partial charge in [0.15, 0.2) is 11.5 Å². The fourth-order valence-corrected chi connectivity index (χ4v) is 2.47. The minimum Gasteiger partial charge on any atom is -0.493 e. The molecule has 1 saturated carbocycles. The molecule has 3 nitrogen and oxygen atoms in total. The molecular weight excluding hydrogens is 294 g/mol. The number of benzene rings is 1. The molecule has 100 valence electrons. The molecule has 0 aliphatic heterocycles. The van der Waals surface area contributed by atoms with Crippen LogP contribution >= 0.6 is 15.9 Å². The summed E-state index contributed by atoms with van der Waals surface area (Å²) in [5, 5.41) is 0. The maximum Gasteiger partial charge on any atom is 0.165 e. The molecule has 1 atom stereocenters. The lowest BCUT2D eigenvalue weighted by molar-refractivity contribution is 0.114. The van der Waals surface area contributed by atoms with Gasteiger partial charge in [-0.05, 0) is 43.9 Å². The molecule has 0 saturated heterocycles. The van der Waals surface area contributed by atoms with Crippen LogP contribution < -0.4 is 15.2 Å².